The van der Waals surface area contributed by atoms with Crippen molar-refractivity contribution in [2.24, 2.45) is 0 Å². The largest absolute Gasteiger partial charge is 0.464 e. The fourth-order valence-electron chi connectivity index (χ4n) is 3.63. The maximum absolute atomic E-state index is 12.3. The average Bonchev–Trinajstić information content (AvgIpc) is 3.46. The van der Waals surface area contributed by atoms with E-state index in [0.717, 1.165) is 47.3 Å². The number of aryl methyl sites for hydroxylation is 1. The molecule has 164 valence electrons. The van der Waals surface area contributed by atoms with Gasteiger partial charge in [-0.25, -0.2) is 9.78 Å². The first kappa shape index (κ1) is 21.7. The van der Waals surface area contributed by atoms with Gasteiger partial charge in [-0.2, -0.15) is 5.21 Å². The molecule has 0 fully saturated rings. The number of imidazole rings is 1. The minimum Gasteiger partial charge on any atom is -0.464 e. The van der Waals surface area contributed by atoms with Gasteiger partial charge in [-0.1, -0.05) is 73.5 Å². The van der Waals surface area contributed by atoms with Gasteiger partial charge in [0.1, 0.15) is 5.82 Å². The van der Waals surface area contributed by atoms with Crippen molar-refractivity contribution in [1.82, 2.24) is 30.2 Å². The topological polar surface area (TPSA) is 98.6 Å². The van der Waals surface area contributed by atoms with Crippen LogP contribution in [0.1, 0.15) is 41.6 Å². The second-order valence-electron chi connectivity index (χ2n) is 7.33. The monoisotopic (exact) mass is 450 g/mol. The van der Waals surface area contributed by atoms with Crippen LogP contribution in [0.3, 0.4) is 0 Å². The van der Waals surface area contributed by atoms with E-state index in [1.165, 1.54) is 7.11 Å². The molecule has 0 bridgehead atoms. The van der Waals surface area contributed by atoms with Crippen LogP contribution in [0.25, 0.3) is 22.5 Å². The molecule has 2 aromatic carbocycles. The van der Waals surface area contributed by atoms with Crippen molar-refractivity contribution < 1.29 is 9.53 Å². The third-order valence-corrected chi connectivity index (χ3v) is 5.52. The number of methoxy groups -OCH3 is 1. The van der Waals surface area contributed by atoms with Crippen LogP contribution in [0.5, 0.6) is 0 Å². The standard InChI is InChI=1S/C23H23ClN6O2/c1-3-4-9-19-25-21(24)20(23(31)32-2)30(19)14-15-10-12-16(13-11-15)17-7-5-6-8-18(17)22-26-28-29-27-22/h5-8,10-13H,3-4,9,14H2,1-2H3,(H,26,27,28,29). The molecule has 1 N–H and O–H groups in total. The van der Waals surface area contributed by atoms with E-state index in [1.54, 1.807) is 0 Å². The van der Waals surface area contributed by atoms with Crippen molar-refractivity contribution in [3.05, 3.63) is 70.8 Å². The fraction of sp³-hybridized carbons (Fsp3) is 0.261. The van der Waals surface area contributed by atoms with Gasteiger partial charge in [0, 0.05) is 18.5 Å². The number of H-pyrrole nitrogens is 1. The molecule has 32 heavy (non-hydrogen) atoms. The molecule has 8 nitrogen and oxygen atoms in total. The summed E-state index contributed by atoms with van der Waals surface area (Å²) in [6.45, 7) is 2.58. The van der Waals surface area contributed by atoms with Crippen LogP contribution >= 0.6 is 11.6 Å². The minimum absolute atomic E-state index is 0.175. The number of rotatable bonds is 8. The van der Waals surface area contributed by atoms with Gasteiger partial charge in [0.2, 0.25) is 5.82 Å². The number of tetrazole rings is 1. The minimum atomic E-state index is -0.490. The van der Waals surface area contributed by atoms with E-state index in [0.29, 0.717) is 12.4 Å². The molecule has 0 saturated carbocycles. The summed E-state index contributed by atoms with van der Waals surface area (Å²) in [5.74, 6) is 0.834. The zero-order chi connectivity index (χ0) is 22.5. The Balaban J connectivity index is 1.65. The normalized spacial score (nSPS) is 11.0. The summed E-state index contributed by atoms with van der Waals surface area (Å²) in [6, 6.07) is 16.0. The molecule has 0 unspecified atom stereocenters. The number of nitrogens with one attached hydrogen (secondary N) is 1. The molecular formula is C23H23ClN6O2. The zero-order valence-electron chi connectivity index (χ0n) is 17.9. The fourth-order valence-corrected chi connectivity index (χ4v) is 3.91. The van der Waals surface area contributed by atoms with Crippen LogP contribution < -0.4 is 0 Å². The first-order chi connectivity index (χ1) is 15.6. The molecule has 2 heterocycles. The van der Waals surface area contributed by atoms with Gasteiger partial charge in [-0.05, 0) is 28.3 Å². The van der Waals surface area contributed by atoms with Gasteiger partial charge in [-0.3, -0.25) is 0 Å². The Kier molecular flexibility index (Phi) is 6.61. The lowest BCUT2D eigenvalue weighted by molar-refractivity contribution is 0.0589. The van der Waals surface area contributed by atoms with Crippen LogP contribution in [0.2, 0.25) is 5.15 Å². The van der Waals surface area contributed by atoms with Crippen molar-refractivity contribution in [2.75, 3.05) is 7.11 Å². The SMILES string of the molecule is CCCCc1nc(Cl)c(C(=O)OC)n1Cc1ccc(-c2ccccc2-c2nn[nH]n2)cc1. The van der Waals surface area contributed by atoms with E-state index in [-0.39, 0.29) is 10.8 Å². The second kappa shape index (κ2) is 9.74. The Morgan fingerprint density at radius 1 is 1.12 bits per heavy atom. The Morgan fingerprint density at radius 3 is 2.53 bits per heavy atom. The number of carbonyl (C=O) groups excluding carboxylic acids is 1. The lowest BCUT2D eigenvalue weighted by Gasteiger charge is -2.12. The lowest BCUT2D eigenvalue weighted by Crippen LogP contribution is -2.14. The molecule has 4 rings (SSSR count). The third kappa shape index (κ3) is 4.40. The molecule has 2 aromatic heterocycles. The number of hydrogen-bond acceptors (Lipinski definition) is 6. The maximum Gasteiger partial charge on any atom is 0.357 e. The summed E-state index contributed by atoms with van der Waals surface area (Å²) in [4.78, 5) is 16.8. The Bertz CT molecular complexity index is 1200. The number of benzene rings is 2. The number of hydrogen-bond donors (Lipinski definition) is 1. The van der Waals surface area contributed by atoms with E-state index in [1.807, 2.05) is 53.1 Å². The smallest absolute Gasteiger partial charge is 0.357 e. The molecule has 0 aliphatic rings. The summed E-state index contributed by atoms with van der Waals surface area (Å²) in [5, 5.41) is 14.5. The summed E-state index contributed by atoms with van der Waals surface area (Å²) in [7, 11) is 1.34. The number of nitrogens with zero attached hydrogens (tertiary/aromatic N) is 5. The molecule has 0 amide bonds. The van der Waals surface area contributed by atoms with Gasteiger partial charge in [-0.15, -0.1) is 10.2 Å². The zero-order valence-corrected chi connectivity index (χ0v) is 18.6. The molecule has 0 saturated heterocycles. The van der Waals surface area contributed by atoms with Crippen molar-refractivity contribution in [1.29, 1.82) is 0 Å². The van der Waals surface area contributed by atoms with E-state index < -0.39 is 5.97 Å². The molecule has 0 aliphatic carbocycles. The summed E-state index contributed by atoms with van der Waals surface area (Å²) in [5.41, 5.74) is 4.22. The predicted molar refractivity (Wildman–Crippen MR) is 121 cm³/mol. The molecule has 0 spiro atoms. The van der Waals surface area contributed by atoms with Gasteiger partial charge in [0.25, 0.3) is 0 Å². The quantitative estimate of drug-likeness (QED) is 0.395. The number of halogens is 1. The van der Waals surface area contributed by atoms with E-state index >= 15 is 0 Å². The lowest BCUT2D eigenvalue weighted by atomic mass is 9.98. The Morgan fingerprint density at radius 2 is 1.88 bits per heavy atom. The number of ether oxygens (including phenoxy) is 1. The molecule has 0 radical (unpaired) electrons. The van der Waals surface area contributed by atoms with Crippen molar-refractivity contribution in [2.45, 2.75) is 32.7 Å². The van der Waals surface area contributed by atoms with Crippen LogP contribution in [0, 0.1) is 0 Å². The van der Waals surface area contributed by atoms with E-state index in [9.17, 15) is 4.79 Å². The average molecular weight is 451 g/mol. The summed E-state index contributed by atoms with van der Waals surface area (Å²) >= 11 is 6.29. The second-order valence-corrected chi connectivity index (χ2v) is 7.68. The van der Waals surface area contributed by atoms with Gasteiger partial charge in [0.05, 0.1) is 7.11 Å². The molecular weight excluding hydrogens is 428 g/mol. The van der Waals surface area contributed by atoms with Gasteiger partial charge in [0.15, 0.2) is 10.8 Å². The molecule has 0 atom stereocenters. The molecule has 0 aliphatic heterocycles. The first-order valence-corrected chi connectivity index (χ1v) is 10.8. The van der Waals surface area contributed by atoms with Crippen molar-refractivity contribution in [3.8, 4) is 22.5 Å². The summed E-state index contributed by atoms with van der Waals surface area (Å²) in [6.07, 6.45) is 2.72. The Hall–Kier alpha value is -3.52. The van der Waals surface area contributed by atoms with E-state index in [2.05, 4.69) is 32.5 Å². The van der Waals surface area contributed by atoms with Crippen LogP contribution in [-0.4, -0.2) is 43.3 Å². The van der Waals surface area contributed by atoms with Crippen LogP contribution in [0.15, 0.2) is 48.5 Å². The van der Waals surface area contributed by atoms with Gasteiger partial charge < -0.3 is 9.30 Å². The number of carbonyl (C=O) groups is 1. The van der Waals surface area contributed by atoms with Gasteiger partial charge >= 0.3 is 5.97 Å². The maximum atomic E-state index is 12.3. The number of unbranched alkanes of at least 4 members (excludes halogenated alkanes) is 1. The Labute approximate surface area is 190 Å². The predicted octanol–water partition coefficient (Wildman–Crippen LogP) is 4.56. The third-order valence-electron chi connectivity index (χ3n) is 5.26. The highest BCUT2D eigenvalue weighted by atomic mass is 35.5. The van der Waals surface area contributed by atoms with Crippen molar-refractivity contribution in [3.63, 3.8) is 0 Å². The molecule has 4 aromatic rings. The highest BCUT2D eigenvalue weighted by Gasteiger charge is 2.22. The highest BCUT2D eigenvalue weighted by molar-refractivity contribution is 6.32. The van der Waals surface area contributed by atoms with E-state index in [4.69, 9.17) is 16.3 Å². The number of esters is 1. The highest BCUT2D eigenvalue weighted by Crippen LogP contribution is 2.30. The first-order valence-electron chi connectivity index (χ1n) is 10.4. The van der Waals surface area contributed by atoms with Crippen molar-refractivity contribution >= 4 is 17.6 Å². The van der Waals surface area contributed by atoms with Crippen LogP contribution in [0.4, 0.5) is 0 Å². The number of aromatic nitrogens is 6. The summed E-state index contributed by atoms with van der Waals surface area (Å²) < 4.78 is 6.79. The molecule has 9 heteroatoms. The van der Waals surface area contributed by atoms with Crippen LogP contribution in [-0.2, 0) is 17.7 Å². The number of aromatic amines is 1.